The van der Waals surface area contributed by atoms with Crippen molar-refractivity contribution in [1.29, 1.82) is 0 Å². The van der Waals surface area contributed by atoms with Crippen molar-refractivity contribution < 1.29 is 4.74 Å². The maximum atomic E-state index is 6.08. The predicted octanol–water partition coefficient (Wildman–Crippen LogP) is 4.55. The number of hydrogen-bond donors (Lipinski definition) is 0. The quantitative estimate of drug-likeness (QED) is 0.738. The second kappa shape index (κ2) is 6.47. The minimum absolute atomic E-state index is 0.00417. The second-order valence-electron chi connectivity index (χ2n) is 5.08. The van der Waals surface area contributed by atoms with Crippen LogP contribution >= 0.6 is 0 Å². The highest BCUT2D eigenvalue weighted by atomic mass is 16.5. The molecule has 0 aliphatic carbocycles. The fraction of sp³-hybridized carbons (Fsp3) is 0.333. The third kappa shape index (κ3) is 3.32. The summed E-state index contributed by atoms with van der Waals surface area (Å²) >= 11 is 0. The first-order chi connectivity index (χ1) is 9.61. The van der Waals surface area contributed by atoms with Crippen molar-refractivity contribution in [3.8, 4) is 5.75 Å². The zero-order valence-electron chi connectivity index (χ0n) is 12.8. The molecule has 20 heavy (non-hydrogen) atoms. The van der Waals surface area contributed by atoms with Gasteiger partial charge in [0.1, 0.15) is 5.75 Å². The topological polar surface area (TPSA) is 12.5 Å². The fourth-order valence-electron chi connectivity index (χ4n) is 2.32. The van der Waals surface area contributed by atoms with Gasteiger partial charge in [-0.1, -0.05) is 24.3 Å². The highest BCUT2D eigenvalue weighted by Crippen LogP contribution is 2.21. The minimum Gasteiger partial charge on any atom is -0.471 e. The number of nitrogens with zero attached hydrogens (tertiary/aromatic N) is 1. The molecule has 106 valence electrons. The van der Waals surface area contributed by atoms with Crippen LogP contribution in [-0.2, 0) is 0 Å². The molecule has 2 nitrogen and oxygen atoms in total. The SMILES string of the molecule is CCN(c1ccccc1)C(C)Oc1ccc(C)c(C)c1. The standard InChI is InChI=1S/C18H23NO/c1-5-19(17-9-7-6-8-10-17)16(4)20-18-12-11-14(2)15(3)13-18/h6-13,16H,5H2,1-4H3. The molecule has 2 aromatic carbocycles. The van der Waals surface area contributed by atoms with Crippen LogP contribution in [0.2, 0.25) is 0 Å². The summed E-state index contributed by atoms with van der Waals surface area (Å²) in [4.78, 5) is 2.25. The first-order valence-corrected chi connectivity index (χ1v) is 7.17. The molecular formula is C18H23NO. The van der Waals surface area contributed by atoms with E-state index >= 15 is 0 Å². The van der Waals surface area contributed by atoms with E-state index in [1.807, 2.05) is 12.1 Å². The van der Waals surface area contributed by atoms with E-state index in [9.17, 15) is 0 Å². The molecule has 0 spiro atoms. The summed E-state index contributed by atoms with van der Waals surface area (Å²) in [5.41, 5.74) is 3.74. The number of aryl methyl sites for hydroxylation is 2. The Balaban J connectivity index is 2.13. The lowest BCUT2D eigenvalue weighted by molar-refractivity contribution is 0.216. The van der Waals surface area contributed by atoms with Crippen molar-refractivity contribution in [2.75, 3.05) is 11.4 Å². The van der Waals surface area contributed by atoms with Gasteiger partial charge in [-0.05, 0) is 63.1 Å². The van der Waals surface area contributed by atoms with E-state index in [1.54, 1.807) is 0 Å². The lowest BCUT2D eigenvalue weighted by atomic mass is 10.1. The normalized spacial score (nSPS) is 12.0. The average molecular weight is 269 g/mol. The number of hydrogen-bond acceptors (Lipinski definition) is 2. The maximum absolute atomic E-state index is 6.08. The van der Waals surface area contributed by atoms with Crippen LogP contribution in [0, 0.1) is 13.8 Å². The van der Waals surface area contributed by atoms with Crippen LogP contribution in [0.5, 0.6) is 5.75 Å². The van der Waals surface area contributed by atoms with E-state index < -0.39 is 0 Å². The van der Waals surface area contributed by atoms with Crippen molar-refractivity contribution in [3.63, 3.8) is 0 Å². The second-order valence-corrected chi connectivity index (χ2v) is 5.08. The van der Waals surface area contributed by atoms with Crippen LogP contribution in [-0.4, -0.2) is 12.8 Å². The zero-order chi connectivity index (χ0) is 14.5. The van der Waals surface area contributed by atoms with E-state index in [0.29, 0.717) is 0 Å². The Kier molecular flexibility index (Phi) is 4.67. The molecular weight excluding hydrogens is 246 g/mol. The summed E-state index contributed by atoms with van der Waals surface area (Å²) in [5.74, 6) is 0.926. The minimum atomic E-state index is 0.00417. The van der Waals surface area contributed by atoms with Gasteiger partial charge < -0.3 is 9.64 Å². The molecule has 0 radical (unpaired) electrons. The lowest BCUT2D eigenvalue weighted by Gasteiger charge is -2.30. The van der Waals surface area contributed by atoms with Gasteiger partial charge in [0.15, 0.2) is 6.23 Å². The van der Waals surface area contributed by atoms with Crippen molar-refractivity contribution in [2.24, 2.45) is 0 Å². The van der Waals surface area contributed by atoms with Crippen LogP contribution in [0.1, 0.15) is 25.0 Å². The zero-order valence-corrected chi connectivity index (χ0v) is 12.8. The van der Waals surface area contributed by atoms with E-state index in [2.05, 4.69) is 69.0 Å². The molecule has 0 N–H and O–H groups in total. The Labute approximate surface area is 122 Å². The number of anilines is 1. The van der Waals surface area contributed by atoms with Gasteiger partial charge >= 0.3 is 0 Å². The number of rotatable bonds is 5. The van der Waals surface area contributed by atoms with Crippen LogP contribution < -0.4 is 9.64 Å². The average Bonchev–Trinajstić information content (AvgIpc) is 2.45. The first-order valence-electron chi connectivity index (χ1n) is 7.17. The van der Waals surface area contributed by atoms with Crippen molar-refractivity contribution in [3.05, 3.63) is 59.7 Å². The molecule has 0 saturated heterocycles. The van der Waals surface area contributed by atoms with Crippen LogP contribution in [0.15, 0.2) is 48.5 Å². The predicted molar refractivity (Wildman–Crippen MR) is 85.5 cm³/mol. The first kappa shape index (κ1) is 14.4. The lowest BCUT2D eigenvalue weighted by Crippen LogP contribution is -2.37. The molecule has 1 atom stereocenters. The summed E-state index contributed by atoms with van der Waals surface area (Å²) < 4.78 is 6.08. The third-order valence-corrected chi connectivity index (χ3v) is 3.65. The monoisotopic (exact) mass is 269 g/mol. The molecule has 0 bridgehead atoms. The largest absolute Gasteiger partial charge is 0.471 e. The van der Waals surface area contributed by atoms with Gasteiger partial charge in [0.05, 0.1) is 0 Å². The molecule has 2 rings (SSSR count). The van der Waals surface area contributed by atoms with Crippen LogP contribution in [0.25, 0.3) is 0 Å². The smallest absolute Gasteiger partial charge is 0.169 e. The van der Waals surface area contributed by atoms with Gasteiger partial charge in [-0.3, -0.25) is 0 Å². The molecule has 2 heteroatoms. The van der Waals surface area contributed by atoms with E-state index in [4.69, 9.17) is 4.74 Å². The Hall–Kier alpha value is -1.96. The number of benzene rings is 2. The molecule has 2 aromatic rings. The Morgan fingerprint density at radius 2 is 1.70 bits per heavy atom. The number of para-hydroxylation sites is 1. The van der Waals surface area contributed by atoms with E-state index in [0.717, 1.165) is 12.3 Å². The maximum Gasteiger partial charge on any atom is 0.169 e. The highest BCUT2D eigenvalue weighted by molar-refractivity contribution is 5.46. The molecule has 0 fully saturated rings. The highest BCUT2D eigenvalue weighted by Gasteiger charge is 2.14. The molecule has 0 heterocycles. The van der Waals surface area contributed by atoms with Gasteiger partial charge in [-0.25, -0.2) is 0 Å². The molecule has 0 saturated carbocycles. The third-order valence-electron chi connectivity index (χ3n) is 3.65. The van der Waals surface area contributed by atoms with Gasteiger partial charge in [-0.15, -0.1) is 0 Å². The Morgan fingerprint density at radius 1 is 1.00 bits per heavy atom. The van der Waals surface area contributed by atoms with Crippen molar-refractivity contribution in [2.45, 2.75) is 33.9 Å². The molecule has 0 aromatic heterocycles. The van der Waals surface area contributed by atoms with E-state index in [-0.39, 0.29) is 6.23 Å². The van der Waals surface area contributed by atoms with Crippen LogP contribution in [0.3, 0.4) is 0 Å². The summed E-state index contributed by atoms with van der Waals surface area (Å²) in [6, 6.07) is 16.6. The summed E-state index contributed by atoms with van der Waals surface area (Å²) in [6.07, 6.45) is 0.00417. The molecule has 1 unspecified atom stereocenters. The molecule has 0 aliphatic heterocycles. The molecule has 0 amide bonds. The fourth-order valence-corrected chi connectivity index (χ4v) is 2.32. The Bertz CT molecular complexity index is 551. The van der Waals surface area contributed by atoms with Crippen LogP contribution in [0.4, 0.5) is 5.69 Å². The summed E-state index contributed by atoms with van der Waals surface area (Å²) in [5, 5.41) is 0. The van der Waals surface area contributed by atoms with Crippen molar-refractivity contribution in [1.82, 2.24) is 0 Å². The number of ether oxygens (including phenoxy) is 1. The molecule has 0 aliphatic rings. The Morgan fingerprint density at radius 3 is 2.30 bits per heavy atom. The van der Waals surface area contributed by atoms with Gasteiger partial charge in [0.25, 0.3) is 0 Å². The summed E-state index contributed by atoms with van der Waals surface area (Å²) in [7, 11) is 0. The van der Waals surface area contributed by atoms with Gasteiger partial charge in [-0.2, -0.15) is 0 Å². The summed E-state index contributed by atoms with van der Waals surface area (Å²) in [6.45, 7) is 9.38. The van der Waals surface area contributed by atoms with Gasteiger partial charge in [0, 0.05) is 12.2 Å². The van der Waals surface area contributed by atoms with Crippen molar-refractivity contribution >= 4 is 5.69 Å². The van der Waals surface area contributed by atoms with Gasteiger partial charge in [0.2, 0.25) is 0 Å². The van der Waals surface area contributed by atoms with E-state index in [1.165, 1.54) is 16.8 Å².